The highest BCUT2D eigenvalue weighted by molar-refractivity contribution is 5.04. The van der Waals surface area contributed by atoms with Crippen LogP contribution in [0.1, 0.15) is 24.6 Å². The molecule has 1 fully saturated rings. The van der Waals surface area contributed by atoms with Gasteiger partial charge in [0, 0.05) is 18.7 Å². The Labute approximate surface area is 77.7 Å². The molecule has 2 atom stereocenters. The Hall–Kier alpha value is -0.870. The van der Waals surface area contributed by atoms with E-state index in [9.17, 15) is 0 Å². The molecule has 2 heterocycles. The fraction of sp³-hybridized carbons (Fsp3) is 0.667. The van der Waals surface area contributed by atoms with Gasteiger partial charge in [0.25, 0.3) is 0 Å². The molecule has 13 heavy (non-hydrogen) atoms. The molecule has 1 aromatic rings. The van der Waals surface area contributed by atoms with Crippen molar-refractivity contribution in [2.24, 2.45) is 5.73 Å². The van der Waals surface area contributed by atoms with E-state index in [1.54, 1.807) is 6.26 Å². The minimum atomic E-state index is 0.313. The zero-order chi connectivity index (χ0) is 9.26. The summed E-state index contributed by atoms with van der Waals surface area (Å²) in [5, 5.41) is 3.96. The first-order valence-corrected chi connectivity index (χ1v) is 4.63. The molecular weight excluding hydrogens is 166 g/mol. The fourth-order valence-corrected chi connectivity index (χ4v) is 1.95. The van der Waals surface area contributed by atoms with Crippen molar-refractivity contribution in [1.29, 1.82) is 0 Å². The predicted molar refractivity (Wildman–Crippen MR) is 49.1 cm³/mol. The number of piperidine rings is 1. The van der Waals surface area contributed by atoms with Crippen molar-refractivity contribution in [3.05, 3.63) is 18.0 Å². The Morgan fingerprint density at radius 2 is 2.46 bits per heavy atom. The lowest BCUT2D eigenvalue weighted by Gasteiger charge is -2.34. The van der Waals surface area contributed by atoms with E-state index in [0.29, 0.717) is 12.1 Å². The Kier molecular flexibility index (Phi) is 2.33. The molecule has 0 spiro atoms. The van der Waals surface area contributed by atoms with Crippen LogP contribution in [0.25, 0.3) is 0 Å². The van der Waals surface area contributed by atoms with Gasteiger partial charge in [0.2, 0.25) is 0 Å². The second-order valence-electron chi connectivity index (χ2n) is 3.72. The van der Waals surface area contributed by atoms with Crippen molar-refractivity contribution >= 4 is 0 Å². The highest BCUT2D eigenvalue weighted by Gasteiger charge is 2.26. The highest BCUT2D eigenvalue weighted by Crippen LogP contribution is 2.27. The first kappa shape index (κ1) is 8.72. The average Bonchev–Trinajstić information content (AvgIpc) is 2.56. The number of likely N-dealkylation sites (tertiary alicyclic amines) is 1. The molecule has 0 amide bonds. The van der Waals surface area contributed by atoms with E-state index >= 15 is 0 Å². The summed E-state index contributed by atoms with van der Waals surface area (Å²) in [6.07, 6.45) is 3.77. The quantitative estimate of drug-likeness (QED) is 0.695. The van der Waals surface area contributed by atoms with Crippen LogP contribution in [0.5, 0.6) is 0 Å². The number of hydrogen-bond donors (Lipinski definition) is 1. The number of hydrogen-bond acceptors (Lipinski definition) is 4. The van der Waals surface area contributed by atoms with Crippen LogP contribution in [0, 0.1) is 0 Å². The molecule has 0 aromatic carbocycles. The number of rotatable bonds is 1. The fourth-order valence-electron chi connectivity index (χ4n) is 1.95. The van der Waals surface area contributed by atoms with Crippen molar-refractivity contribution in [2.75, 3.05) is 13.6 Å². The SMILES string of the molecule is CN1CC(N)CCC1c1ccon1. The van der Waals surface area contributed by atoms with Gasteiger partial charge in [0.15, 0.2) is 0 Å². The smallest absolute Gasteiger partial charge is 0.124 e. The largest absolute Gasteiger partial charge is 0.364 e. The van der Waals surface area contributed by atoms with Gasteiger partial charge in [-0.25, -0.2) is 0 Å². The predicted octanol–water partition coefficient (Wildman–Crippen LogP) is 0.769. The Morgan fingerprint density at radius 3 is 3.08 bits per heavy atom. The van der Waals surface area contributed by atoms with Gasteiger partial charge in [-0.1, -0.05) is 5.16 Å². The molecule has 4 heteroatoms. The lowest BCUT2D eigenvalue weighted by Crippen LogP contribution is -2.42. The van der Waals surface area contributed by atoms with Crippen LogP contribution in [0.3, 0.4) is 0 Å². The lowest BCUT2D eigenvalue weighted by molar-refractivity contribution is 0.162. The molecule has 72 valence electrons. The van der Waals surface area contributed by atoms with Crippen LogP contribution in [0.2, 0.25) is 0 Å². The molecule has 0 bridgehead atoms. The molecule has 4 nitrogen and oxygen atoms in total. The highest BCUT2D eigenvalue weighted by atomic mass is 16.5. The normalized spacial score (nSPS) is 30.6. The van der Waals surface area contributed by atoms with Crippen LogP contribution >= 0.6 is 0 Å². The summed E-state index contributed by atoms with van der Waals surface area (Å²) in [5.41, 5.74) is 6.88. The Morgan fingerprint density at radius 1 is 1.62 bits per heavy atom. The minimum Gasteiger partial charge on any atom is -0.364 e. The third-order valence-electron chi connectivity index (χ3n) is 2.66. The van der Waals surface area contributed by atoms with Gasteiger partial charge in [-0.05, 0) is 19.9 Å². The van der Waals surface area contributed by atoms with Gasteiger partial charge < -0.3 is 10.3 Å². The van der Waals surface area contributed by atoms with Crippen LogP contribution in [0.4, 0.5) is 0 Å². The van der Waals surface area contributed by atoms with E-state index in [1.165, 1.54) is 0 Å². The van der Waals surface area contributed by atoms with Crippen LogP contribution < -0.4 is 5.73 Å². The van der Waals surface area contributed by atoms with Crippen molar-refractivity contribution in [1.82, 2.24) is 10.1 Å². The summed E-state index contributed by atoms with van der Waals surface area (Å²) in [5.74, 6) is 0. The summed E-state index contributed by atoms with van der Waals surface area (Å²) in [4.78, 5) is 2.24. The molecule has 0 radical (unpaired) electrons. The van der Waals surface area contributed by atoms with E-state index in [2.05, 4.69) is 17.1 Å². The first-order chi connectivity index (χ1) is 6.27. The molecule has 0 saturated carbocycles. The molecule has 1 aromatic heterocycles. The van der Waals surface area contributed by atoms with Crippen LogP contribution in [-0.2, 0) is 0 Å². The summed E-state index contributed by atoms with van der Waals surface area (Å²) in [6, 6.07) is 2.63. The van der Waals surface area contributed by atoms with Crippen molar-refractivity contribution in [3.63, 3.8) is 0 Å². The molecule has 2 unspecified atom stereocenters. The van der Waals surface area contributed by atoms with E-state index in [1.807, 2.05) is 6.07 Å². The Balaban J connectivity index is 2.08. The van der Waals surface area contributed by atoms with Gasteiger partial charge >= 0.3 is 0 Å². The van der Waals surface area contributed by atoms with Gasteiger partial charge in [0.05, 0.1) is 6.04 Å². The standard InChI is InChI=1S/C9H15N3O/c1-12-6-7(10)2-3-9(12)8-4-5-13-11-8/h4-5,7,9H,2-3,6,10H2,1H3. The van der Waals surface area contributed by atoms with Gasteiger partial charge in [-0.15, -0.1) is 0 Å². The molecule has 2 rings (SSSR count). The third-order valence-corrected chi connectivity index (χ3v) is 2.66. The number of aromatic nitrogens is 1. The maximum Gasteiger partial charge on any atom is 0.124 e. The average molecular weight is 181 g/mol. The van der Waals surface area contributed by atoms with Crippen LogP contribution in [0.15, 0.2) is 16.9 Å². The maximum atomic E-state index is 5.86. The molecule has 1 saturated heterocycles. The van der Waals surface area contributed by atoms with E-state index in [0.717, 1.165) is 25.1 Å². The number of nitrogens with zero attached hydrogens (tertiary/aromatic N) is 2. The monoisotopic (exact) mass is 181 g/mol. The number of likely N-dealkylation sites (N-methyl/N-ethyl adjacent to an activating group) is 1. The van der Waals surface area contributed by atoms with Crippen LogP contribution in [-0.4, -0.2) is 29.7 Å². The van der Waals surface area contributed by atoms with Gasteiger partial charge in [-0.2, -0.15) is 0 Å². The van der Waals surface area contributed by atoms with Crippen molar-refractivity contribution in [2.45, 2.75) is 24.9 Å². The minimum absolute atomic E-state index is 0.313. The van der Waals surface area contributed by atoms with Crippen molar-refractivity contribution in [3.8, 4) is 0 Å². The van der Waals surface area contributed by atoms with E-state index < -0.39 is 0 Å². The molecule has 1 aliphatic heterocycles. The summed E-state index contributed by atoms with van der Waals surface area (Å²) in [7, 11) is 2.08. The topological polar surface area (TPSA) is 55.3 Å². The van der Waals surface area contributed by atoms with Crippen molar-refractivity contribution < 1.29 is 4.52 Å². The van der Waals surface area contributed by atoms with E-state index in [-0.39, 0.29) is 0 Å². The van der Waals surface area contributed by atoms with Gasteiger partial charge in [0.1, 0.15) is 12.0 Å². The third kappa shape index (κ3) is 1.73. The van der Waals surface area contributed by atoms with Gasteiger partial charge in [-0.3, -0.25) is 4.90 Å². The number of nitrogens with two attached hydrogens (primary N) is 1. The molecular formula is C9H15N3O. The van der Waals surface area contributed by atoms with E-state index in [4.69, 9.17) is 10.3 Å². The zero-order valence-corrected chi connectivity index (χ0v) is 7.81. The lowest BCUT2D eigenvalue weighted by atomic mass is 9.97. The maximum absolute atomic E-state index is 5.86. The summed E-state index contributed by atoms with van der Waals surface area (Å²) >= 11 is 0. The second-order valence-corrected chi connectivity index (χ2v) is 3.72. The first-order valence-electron chi connectivity index (χ1n) is 4.63. The molecule has 0 aliphatic carbocycles. The molecule has 1 aliphatic rings. The molecule has 2 N–H and O–H groups in total. The zero-order valence-electron chi connectivity index (χ0n) is 7.81. The second kappa shape index (κ2) is 3.47. The Bertz CT molecular complexity index is 260. The summed E-state index contributed by atoms with van der Waals surface area (Å²) in [6.45, 7) is 0.942. The summed E-state index contributed by atoms with van der Waals surface area (Å²) < 4.78 is 4.83.